The number of aryl methyl sites for hydroxylation is 1. The molecule has 3 aromatic heterocycles. The van der Waals surface area contributed by atoms with Crippen LogP contribution in [0.1, 0.15) is 21.7 Å². The number of anilines is 1. The molecule has 122 valence electrons. The number of rotatable bonds is 6. The zero-order chi connectivity index (χ0) is 16.9. The fourth-order valence-electron chi connectivity index (χ4n) is 2.36. The third kappa shape index (κ3) is 3.43. The Kier molecular flexibility index (Phi) is 4.56. The van der Waals surface area contributed by atoms with Crippen molar-refractivity contribution in [2.45, 2.75) is 13.5 Å². The first-order valence-electron chi connectivity index (χ1n) is 7.70. The molecule has 0 radical (unpaired) electrons. The molecule has 0 spiro atoms. The first-order valence-corrected chi connectivity index (χ1v) is 7.70. The molecule has 0 aliphatic carbocycles. The summed E-state index contributed by atoms with van der Waals surface area (Å²) >= 11 is 0. The fourth-order valence-corrected chi connectivity index (χ4v) is 2.36. The molecule has 3 aromatic rings. The van der Waals surface area contributed by atoms with Gasteiger partial charge in [-0.15, -0.1) is 6.58 Å². The molecule has 3 rings (SSSR count). The summed E-state index contributed by atoms with van der Waals surface area (Å²) < 4.78 is 2.05. The van der Waals surface area contributed by atoms with E-state index in [2.05, 4.69) is 31.6 Å². The standard InChI is InChI=1S/C18H19N5O/c1-3-9-19-18(24)14-7-8-16(20-10-14)21-11-15-12-23-13(2)5-4-6-17(23)22-15/h3-8,10,12H,1,9,11H2,2H3,(H,19,24)(H,20,21). The van der Waals surface area contributed by atoms with Gasteiger partial charge < -0.3 is 15.0 Å². The Morgan fingerprint density at radius 2 is 2.21 bits per heavy atom. The zero-order valence-electron chi connectivity index (χ0n) is 13.5. The van der Waals surface area contributed by atoms with Gasteiger partial charge in [-0.1, -0.05) is 12.1 Å². The highest BCUT2D eigenvalue weighted by Gasteiger charge is 2.06. The molecule has 0 aromatic carbocycles. The maximum absolute atomic E-state index is 11.8. The monoisotopic (exact) mass is 321 g/mol. The van der Waals surface area contributed by atoms with Crippen LogP contribution >= 0.6 is 0 Å². The van der Waals surface area contributed by atoms with Gasteiger partial charge in [0.05, 0.1) is 17.8 Å². The lowest BCUT2D eigenvalue weighted by atomic mass is 10.2. The number of imidazole rings is 1. The number of carbonyl (C=O) groups is 1. The molecule has 0 atom stereocenters. The molecular weight excluding hydrogens is 302 g/mol. The topological polar surface area (TPSA) is 71.3 Å². The van der Waals surface area contributed by atoms with Crippen LogP contribution in [0.3, 0.4) is 0 Å². The van der Waals surface area contributed by atoms with Crippen LogP contribution in [-0.2, 0) is 6.54 Å². The molecule has 1 amide bonds. The van der Waals surface area contributed by atoms with Crippen LogP contribution in [-0.4, -0.2) is 26.8 Å². The molecule has 24 heavy (non-hydrogen) atoms. The van der Waals surface area contributed by atoms with E-state index in [1.165, 1.54) is 0 Å². The minimum Gasteiger partial charge on any atom is -0.364 e. The Bertz CT molecular complexity index is 867. The van der Waals surface area contributed by atoms with Crippen molar-refractivity contribution in [1.82, 2.24) is 19.7 Å². The van der Waals surface area contributed by atoms with Crippen molar-refractivity contribution in [2.75, 3.05) is 11.9 Å². The van der Waals surface area contributed by atoms with Crippen molar-refractivity contribution in [2.24, 2.45) is 0 Å². The van der Waals surface area contributed by atoms with Gasteiger partial charge in [-0.3, -0.25) is 4.79 Å². The maximum atomic E-state index is 11.8. The van der Waals surface area contributed by atoms with Crippen molar-refractivity contribution in [1.29, 1.82) is 0 Å². The summed E-state index contributed by atoms with van der Waals surface area (Å²) in [5.74, 6) is 0.536. The number of hydrogen-bond acceptors (Lipinski definition) is 4. The SMILES string of the molecule is C=CCNC(=O)c1ccc(NCc2cn3c(C)cccc3n2)nc1. The van der Waals surface area contributed by atoms with Gasteiger partial charge in [0.25, 0.3) is 5.91 Å². The quantitative estimate of drug-likeness (QED) is 0.685. The number of hydrogen-bond donors (Lipinski definition) is 2. The maximum Gasteiger partial charge on any atom is 0.253 e. The first-order chi connectivity index (χ1) is 11.7. The van der Waals surface area contributed by atoms with Gasteiger partial charge in [-0.25, -0.2) is 9.97 Å². The average Bonchev–Trinajstić information content (AvgIpc) is 3.03. The highest BCUT2D eigenvalue weighted by molar-refractivity contribution is 5.94. The molecule has 0 fully saturated rings. The van der Waals surface area contributed by atoms with E-state index in [0.29, 0.717) is 24.5 Å². The largest absolute Gasteiger partial charge is 0.364 e. The first kappa shape index (κ1) is 15.7. The minimum atomic E-state index is -0.162. The minimum absolute atomic E-state index is 0.162. The second-order valence-electron chi connectivity index (χ2n) is 5.41. The summed E-state index contributed by atoms with van der Waals surface area (Å²) in [7, 11) is 0. The molecule has 2 N–H and O–H groups in total. The van der Waals surface area contributed by atoms with Gasteiger partial charge in [0, 0.05) is 24.6 Å². The van der Waals surface area contributed by atoms with E-state index < -0.39 is 0 Å². The lowest BCUT2D eigenvalue weighted by molar-refractivity contribution is 0.0957. The number of pyridine rings is 2. The third-order valence-electron chi connectivity index (χ3n) is 3.63. The molecule has 0 aliphatic rings. The Morgan fingerprint density at radius 3 is 2.92 bits per heavy atom. The summed E-state index contributed by atoms with van der Waals surface area (Å²) in [6.07, 6.45) is 5.20. The van der Waals surface area contributed by atoms with Gasteiger partial charge >= 0.3 is 0 Å². The normalized spacial score (nSPS) is 10.5. The van der Waals surface area contributed by atoms with E-state index in [-0.39, 0.29) is 5.91 Å². The van der Waals surface area contributed by atoms with Gasteiger partial charge in [0.15, 0.2) is 0 Å². The number of carbonyl (C=O) groups excluding carboxylic acids is 1. The van der Waals surface area contributed by atoms with Crippen LogP contribution in [0.15, 0.2) is 55.4 Å². The van der Waals surface area contributed by atoms with Gasteiger partial charge in [-0.05, 0) is 31.2 Å². The van der Waals surface area contributed by atoms with E-state index in [9.17, 15) is 4.79 Å². The van der Waals surface area contributed by atoms with Crippen LogP contribution in [0.5, 0.6) is 0 Å². The molecule has 0 bridgehead atoms. The molecular formula is C18H19N5O. The second kappa shape index (κ2) is 6.95. The van der Waals surface area contributed by atoms with Crippen molar-refractivity contribution in [3.8, 4) is 0 Å². The van der Waals surface area contributed by atoms with E-state index >= 15 is 0 Å². The van der Waals surface area contributed by atoms with Crippen molar-refractivity contribution in [3.63, 3.8) is 0 Å². The summed E-state index contributed by atoms with van der Waals surface area (Å²) in [5, 5.41) is 5.93. The van der Waals surface area contributed by atoms with Crippen LogP contribution < -0.4 is 10.6 Å². The summed E-state index contributed by atoms with van der Waals surface area (Å²) in [4.78, 5) is 20.6. The van der Waals surface area contributed by atoms with Gasteiger partial charge in [0.1, 0.15) is 11.5 Å². The smallest absolute Gasteiger partial charge is 0.253 e. The highest BCUT2D eigenvalue weighted by atomic mass is 16.1. The number of amides is 1. The summed E-state index contributed by atoms with van der Waals surface area (Å²) in [5.41, 5.74) is 3.51. The summed E-state index contributed by atoms with van der Waals surface area (Å²) in [6, 6.07) is 9.53. The molecule has 0 aliphatic heterocycles. The van der Waals surface area contributed by atoms with Crippen LogP contribution in [0.2, 0.25) is 0 Å². The molecule has 6 nitrogen and oxygen atoms in total. The highest BCUT2D eigenvalue weighted by Crippen LogP contribution is 2.11. The Labute approximate surface area is 140 Å². The fraction of sp³-hybridized carbons (Fsp3) is 0.167. The number of fused-ring (bicyclic) bond motifs is 1. The van der Waals surface area contributed by atoms with E-state index in [1.54, 1.807) is 24.4 Å². The van der Waals surface area contributed by atoms with Crippen molar-refractivity contribution >= 4 is 17.4 Å². The van der Waals surface area contributed by atoms with E-state index in [1.807, 2.05) is 31.3 Å². The summed E-state index contributed by atoms with van der Waals surface area (Å²) in [6.45, 7) is 6.61. The second-order valence-corrected chi connectivity index (χ2v) is 5.41. The number of aromatic nitrogens is 3. The van der Waals surface area contributed by atoms with E-state index in [0.717, 1.165) is 17.0 Å². The zero-order valence-corrected chi connectivity index (χ0v) is 13.5. The van der Waals surface area contributed by atoms with Crippen LogP contribution in [0.4, 0.5) is 5.82 Å². The predicted molar refractivity (Wildman–Crippen MR) is 94.0 cm³/mol. The van der Waals surface area contributed by atoms with Crippen LogP contribution in [0, 0.1) is 6.92 Å². The molecule has 3 heterocycles. The van der Waals surface area contributed by atoms with Crippen LogP contribution in [0.25, 0.3) is 5.65 Å². The molecule has 0 unspecified atom stereocenters. The lowest BCUT2D eigenvalue weighted by Crippen LogP contribution is -2.23. The Hall–Kier alpha value is -3.15. The number of nitrogens with one attached hydrogen (secondary N) is 2. The molecule has 0 saturated carbocycles. The van der Waals surface area contributed by atoms with Crippen molar-refractivity contribution < 1.29 is 4.79 Å². The Morgan fingerprint density at radius 1 is 1.33 bits per heavy atom. The van der Waals surface area contributed by atoms with Gasteiger partial charge in [-0.2, -0.15) is 0 Å². The van der Waals surface area contributed by atoms with Crippen molar-refractivity contribution in [3.05, 3.63) is 72.3 Å². The molecule has 6 heteroatoms. The average molecular weight is 321 g/mol. The lowest BCUT2D eigenvalue weighted by Gasteiger charge is -2.05. The number of nitrogens with zero attached hydrogens (tertiary/aromatic N) is 3. The predicted octanol–water partition coefficient (Wildman–Crippen LogP) is 2.57. The third-order valence-corrected chi connectivity index (χ3v) is 3.63. The molecule has 0 saturated heterocycles. The van der Waals surface area contributed by atoms with Gasteiger partial charge in [0.2, 0.25) is 0 Å². The van der Waals surface area contributed by atoms with E-state index in [4.69, 9.17) is 0 Å². The Balaban J connectivity index is 1.64.